The van der Waals surface area contributed by atoms with Gasteiger partial charge in [-0.1, -0.05) is 19.9 Å². The number of rotatable bonds is 9. The van der Waals surface area contributed by atoms with E-state index in [2.05, 4.69) is 15.3 Å². The first kappa shape index (κ1) is 31.9. The van der Waals surface area contributed by atoms with Crippen molar-refractivity contribution in [2.24, 2.45) is 0 Å². The third-order valence-corrected chi connectivity index (χ3v) is 11.8. The van der Waals surface area contributed by atoms with Gasteiger partial charge < -0.3 is 5.32 Å². The lowest BCUT2D eigenvalue weighted by Gasteiger charge is -2.28. The SMILES string of the molecule is CC(C)c1nc(-c2ccc(F)c(NS(=O)(=O)c3c(F)cccc3F)c2)c(-c2ccnc(NC3CCC(S(C)(=O)=O)CC3)n2)s1. The molecule has 1 saturated carbocycles. The molecular weight excluding hydrogens is 636 g/mol. The van der Waals surface area contributed by atoms with Crippen molar-refractivity contribution in [1.29, 1.82) is 0 Å². The molecule has 0 bridgehead atoms. The van der Waals surface area contributed by atoms with Crippen molar-refractivity contribution in [3.05, 3.63) is 71.1 Å². The number of anilines is 2. The summed E-state index contributed by atoms with van der Waals surface area (Å²) in [7, 11) is -7.91. The summed E-state index contributed by atoms with van der Waals surface area (Å²) in [6, 6.07) is 8.01. The molecule has 0 aliphatic heterocycles. The number of sulfonamides is 1. The lowest BCUT2D eigenvalue weighted by molar-refractivity contribution is 0.452. The van der Waals surface area contributed by atoms with Gasteiger partial charge in [-0.3, -0.25) is 4.72 Å². The van der Waals surface area contributed by atoms with Gasteiger partial charge in [-0.05, 0) is 62.1 Å². The molecule has 2 aromatic heterocycles. The summed E-state index contributed by atoms with van der Waals surface area (Å²) in [5, 5.41) is 3.70. The van der Waals surface area contributed by atoms with Crippen LogP contribution in [0.25, 0.3) is 21.8 Å². The number of sulfone groups is 1. The lowest BCUT2D eigenvalue weighted by atomic mass is 9.95. The number of hydrogen-bond donors (Lipinski definition) is 2. The van der Waals surface area contributed by atoms with Crippen LogP contribution in [0.15, 0.2) is 53.6 Å². The van der Waals surface area contributed by atoms with Crippen molar-refractivity contribution in [1.82, 2.24) is 15.0 Å². The summed E-state index contributed by atoms with van der Waals surface area (Å²) in [6.07, 6.45) is 5.25. The van der Waals surface area contributed by atoms with Crippen LogP contribution in [0, 0.1) is 17.5 Å². The standard InChI is InChI=1S/C29H30F3N5O4S3/c1-16(2)28-36-25(17-7-12-20(30)24(15-17)37-44(40,41)27-21(31)5-4-6-22(27)32)26(42-28)23-13-14-33-29(35-23)34-18-8-10-19(11-9-18)43(3,38)39/h4-7,12-16,18-19,37H,8-11H2,1-3H3,(H,33,34,35). The summed E-state index contributed by atoms with van der Waals surface area (Å²) >= 11 is 1.37. The zero-order valence-corrected chi connectivity index (χ0v) is 26.5. The number of halogens is 3. The first-order chi connectivity index (χ1) is 20.7. The Morgan fingerprint density at radius 2 is 1.59 bits per heavy atom. The van der Waals surface area contributed by atoms with Gasteiger partial charge in [0.25, 0.3) is 10.0 Å². The van der Waals surface area contributed by atoms with E-state index in [4.69, 9.17) is 4.98 Å². The number of nitrogens with one attached hydrogen (secondary N) is 2. The van der Waals surface area contributed by atoms with E-state index in [1.165, 1.54) is 29.7 Å². The summed E-state index contributed by atoms with van der Waals surface area (Å²) in [5.41, 5.74) is 0.773. The van der Waals surface area contributed by atoms with E-state index in [1.54, 1.807) is 12.3 Å². The Kier molecular flexibility index (Phi) is 9.01. The topological polar surface area (TPSA) is 131 Å². The van der Waals surface area contributed by atoms with Gasteiger partial charge >= 0.3 is 0 Å². The smallest absolute Gasteiger partial charge is 0.267 e. The fraction of sp³-hybridized carbons (Fsp3) is 0.345. The average molecular weight is 666 g/mol. The van der Waals surface area contributed by atoms with Crippen LogP contribution in [0.2, 0.25) is 0 Å². The summed E-state index contributed by atoms with van der Waals surface area (Å²) in [4.78, 5) is 13.2. The molecule has 0 atom stereocenters. The molecule has 44 heavy (non-hydrogen) atoms. The summed E-state index contributed by atoms with van der Waals surface area (Å²) in [5.74, 6) is -3.19. The maximum atomic E-state index is 14.9. The molecule has 2 heterocycles. The van der Waals surface area contributed by atoms with Crippen molar-refractivity contribution in [2.45, 2.75) is 61.6 Å². The van der Waals surface area contributed by atoms with E-state index in [9.17, 15) is 30.0 Å². The first-order valence-electron chi connectivity index (χ1n) is 13.8. The van der Waals surface area contributed by atoms with Gasteiger partial charge in [-0.15, -0.1) is 11.3 Å². The third kappa shape index (κ3) is 6.89. The van der Waals surface area contributed by atoms with Crippen molar-refractivity contribution in [3.63, 3.8) is 0 Å². The summed E-state index contributed by atoms with van der Waals surface area (Å²) < 4.78 is 94.9. The molecule has 5 rings (SSSR count). The van der Waals surface area contributed by atoms with Gasteiger partial charge in [-0.25, -0.2) is 45.0 Å². The van der Waals surface area contributed by atoms with Gasteiger partial charge in [0.15, 0.2) is 4.90 Å². The maximum Gasteiger partial charge on any atom is 0.267 e. The van der Waals surface area contributed by atoms with Gasteiger partial charge in [-0.2, -0.15) is 0 Å². The summed E-state index contributed by atoms with van der Waals surface area (Å²) in [6.45, 7) is 3.92. The molecule has 15 heteroatoms. The fourth-order valence-corrected chi connectivity index (χ4v) is 8.40. The molecule has 1 fully saturated rings. The van der Waals surface area contributed by atoms with E-state index in [0.29, 0.717) is 53.5 Å². The molecule has 0 spiro atoms. The van der Waals surface area contributed by atoms with E-state index in [1.807, 2.05) is 18.6 Å². The van der Waals surface area contributed by atoms with Gasteiger partial charge in [0, 0.05) is 30.0 Å². The Hall–Kier alpha value is -3.56. The lowest BCUT2D eigenvalue weighted by Crippen LogP contribution is -2.32. The van der Waals surface area contributed by atoms with Gasteiger partial charge in [0.2, 0.25) is 5.95 Å². The highest BCUT2D eigenvalue weighted by atomic mass is 32.2. The molecular formula is C29H30F3N5O4S3. The third-order valence-electron chi connectivity index (χ3n) is 7.31. The van der Waals surface area contributed by atoms with Gasteiger partial charge in [0.05, 0.1) is 32.2 Å². The van der Waals surface area contributed by atoms with Crippen molar-refractivity contribution in [2.75, 3.05) is 16.3 Å². The monoisotopic (exact) mass is 665 g/mol. The highest BCUT2D eigenvalue weighted by Crippen LogP contribution is 2.40. The molecule has 9 nitrogen and oxygen atoms in total. The van der Waals surface area contributed by atoms with E-state index >= 15 is 0 Å². The Morgan fingerprint density at radius 1 is 0.909 bits per heavy atom. The number of thiazole rings is 1. The molecule has 1 aliphatic carbocycles. The zero-order valence-electron chi connectivity index (χ0n) is 24.0. The van der Waals surface area contributed by atoms with Crippen LogP contribution in [0.1, 0.15) is 50.5 Å². The second kappa shape index (κ2) is 12.4. The van der Waals surface area contributed by atoms with Gasteiger partial charge in [0.1, 0.15) is 27.3 Å². The van der Waals surface area contributed by atoms with E-state index < -0.39 is 47.9 Å². The van der Waals surface area contributed by atoms with Crippen LogP contribution in [0.3, 0.4) is 0 Å². The minimum Gasteiger partial charge on any atom is -0.351 e. The number of aromatic nitrogens is 3. The number of benzene rings is 2. The molecule has 0 radical (unpaired) electrons. The Morgan fingerprint density at radius 3 is 2.23 bits per heavy atom. The van der Waals surface area contributed by atoms with E-state index in [-0.39, 0.29) is 17.2 Å². The van der Waals surface area contributed by atoms with Crippen molar-refractivity contribution in [3.8, 4) is 21.8 Å². The second-order valence-corrected chi connectivity index (χ2v) is 15.9. The molecule has 0 amide bonds. The second-order valence-electron chi connectivity index (χ2n) is 10.9. The largest absolute Gasteiger partial charge is 0.351 e. The Labute approximate surface area is 258 Å². The molecule has 2 aromatic carbocycles. The van der Waals surface area contributed by atoms with E-state index in [0.717, 1.165) is 29.3 Å². The molecule has 234 valence electrons. The van der Waals surface area contributed by atoms with Crippen LogP contribution < -0.4 is 10.0 Å². The molecule has 0 unspecified atom stereocenters. The minimum absolute atomic E-state index is 0.00220. The predicted molar refractivity (Wildman–Crippen MR) is 164 cm³/mol. The van der Waals surface area contributed by atoms with Crippen molar-refractivity contribution >= 4 is 42.8 Å². The molecule has 2 N–H and O–H groups in total. The highest BCUT2D eigenvalue weighted by Gasteiger charge is 2.29. The van der Waals surface area contributed by atoms with Crippen LogP contribution >= 0.6 is 11.3 Å². The Bertz CT molecular complexity index is 1890. The number of hydrogen-bond acceptors (Lipinski definition) is 9. The molecule has 0 saturated heterocycles. The zero-order chi connectivity index (χ0) is 31.8. The average Bonchev–Trinajstić information content (AvgIpc) is 3.40. The van der Waals surface area contributed by atoms with Crippen molar-refractivity contribution < 1.29 is 30.0 Å². The Balaban J connectivity index is 1.46. The normalized spacial score (nSPS) is 17.5. The fourth-order valence-electron chi connectivity index (χ4n) is 5.01. The first-order valence-corrected chi connectivity index (χ1v) is 18.0. The van der Waals surface area contributed by atoms with Crippen LogP contribution in [0.4, 0.5) is 24.8 Å². The van der Waals surface area contributed by atoms with Crippen LogP contribution in [0.5, 0.6) is 0 Å². The predicted octanol–water partition coefficient (Wildman–Crippen LogP) is 6.38. The molecule has 4 aromatic rings. The minimum atomic E-state index is -4.82. The quantitative estimate of drug-likeness (QED) is 0.211. The van der Waals surface area contributed by atoms with Crippen LogP contribution in [-0.4, -0.2) is 49.3 Å². The maximum absolute atomic E-state index is 14.9. The molecule has 1 aliphatic rings. The number of nitrogens with zero attached hydrogens (tertiary/aromatic N) is 3. The highest BCUT2D eigenvalue weighted by molar-refractivity contribution is 7.92. The van der Waals surface area contributed by atoms with Crippen LogP contribution in [-0.2, 0) is 19.9 Å².